The summed E-state index contributed by atoms with van der Waals surface area (Å²) in [5.41, 5.74) is 0. The molecule has 0 amide bonds. The Morgan fingerprint density at radius 2 is 0.606 bits per heavy atom. The Bertz CT molecular complexity index is 2220. The van der Waals surface area contributed by atoms with Gasteiger partial charge in [0.15, 0.2) is 12.2 Å². The van der Waals surface area contributed by atoms with E-state index in [0.29, 0.717) is 25.7 Å². The van der Waals surface area contributed by atoms with Crippen LogP contribution in [-0.4, -0.2) is 96.7 Å². The maximum atomic E-state index is 13.0. The molecular formula is C75H128O17P2. The number of carbonyl (C=O) groups is 4. The van der Waals surface area contributed by atoms with Crippen LogP contribution in [0.15, 0.2) is 109 Å². The lowest BCUT2D eigenvalue weighted by atomic mass is 10.0. The molecule has 0 fully saturated rings. The highest BCUT2D eigenvalue weighted by Crippen LogP contribution is 2.45. The maximum absolute atomic E-state index is 13.0. The second-order valence-electron chi connectivity index (χ2n) is 23.8. The van der Waals surface area contributed by atoms with Gasteiger partial charge in [-0.2, -0.15) is 0 Å². The third-order valence-electron chi connectivity index (χ3n) is 14.8. The van der Waals surface area contributed by atoms with Crippen LogP contribution in [0.25, 0.3) is 0 Å². The van der Waals surface area contributed by atoms with Crippen molar-refractivity contribution < 1.29 is 80.2 Å². The van der Waals surface area contributed by atoms with E-state index in [1.807, 2.05) is 18.2 Å². The molecule has 0 aliphatic heterocycles. The second kappa shape index (κ2) is 67.3. The first-order chi connectivity index (χ1) is 45.7. The molecule has 0 aliphatic carbocycles. The summed E-state index contributed by atoms with van der Waals surface area (Å²) in [6, 6.07) is 0. The molecule has 17 nitrogen and oxygen atoms in total. The molecule has 5 unspecified atom stereocenters. The lowest BCUT2D eigenvalue weighted by molar-refractivity contribution is -0.161. The van der Waals surface area contributed by atoms with Crippen molar-refractivity contribution in [2.24, 2.45) is 0 Å². The highest BCUT2D eigenvalue weighted by Gasteiger charge is 2.30. The van der Waals surface area contributed by atoms with Crippen LogP contribution in [0.1, 0.15) is 285 Å². The van der Waals surface area contributed by atoms with Gasteiger partial charge in [-0.1, -0.05) is 265 Å². The summed E-state index contributed by atoms with van der Waals surface area (Å²) in [5, 5.41) is 10.6. The number of unbranched alkanes of at least 4 members (excludes halogenated alkanes) is 24. The van der Waals surface area contributed by atoms with E-state index >= 15 is 0 Å². The van der Waals surface area contributed by atoms with Crippen LogP contribution in [-0.2, 0) is 65.4 Å². The Labute approximate surface area is 569 Å². The molecule has 0 aromatic carbocycles. The zero-order valence-corrected chi connectivity index (χ0v) is 60.4. The minimum Gasteiger partial charge on any atom is -0.462 e. The average molecular weight is 1360 g/mol. The van der Waals surface area contributed by atoms with Crippen molar-refractivity contribution in [2.75, 3.05) is 39.6 Å². The van der Waals surface area contributed by atoms with Crippen LogP contribution < -0.4 is 0 Å². The molecule has 3 N–H and O–H groups in total. The number of carbonyl (C=O) groups excluding carboxylic acids is 4. The van der Waals surface area contributed by atoms with Crippen LogP contribution in [0, 0.1) is 0 Å². The first-order valence-corrected chi connectivity index (χ1v) is 39.1. The number of ether oxygens (including phenoxy) is 4. The molecule has 0 aliphatic rings. The highest BCUT2D eigenvalue weighted by atomic mass is 31.2. The van der Waals surface area contributed by atoms with Crippen LogP contribution >= 0.6 is 15.6 Å². The van der Waals surface area contributed by atoms with E-state index in [9.17, 15) is 43.2 Å². The van der Waals surface area contributed by atoms with E-state index in [2.05, 4.69) is 113 Å². The van der Waals surface area contributed by atoms with Gasteiger partial charge in [-0.05, 0) is 103 Å². The lowest BCUT2D eigenvalue weighted by Crippen LogP contribution is -2.30. The van der Waals surface area contributed by atoms with Gasteiger partial charge in [-0.15, -0.1) is 0 Å². The van der Waals surface area contributed by atoms with Crippen LogP contribution in [0.2, 0.25) is 0 Å². The van der Waals surface area contributed by atoms with Crippen molar-refractivity contribution in [3.05, 3.63) is 109 Å². The van der Waals surface area contributed by atoms with E-state index in [0.717, 1.165) is 141 Å². The fourth-order valence-corrected chi connectivity index (χ4v) is 10.9. The molecule has 0 spiro atoms. The SMILES string of the molecule is CC/C=C\C/C=C\C/C=C\C/C=C\C/C=C\CC(=O)OCC(COP(=O)(O)OCC(O)COP(=O)(O)OCC(COC(=O)CCCCCCC/C=C\C/C=C\C/C=C\CC)OC(=O)CCCCCCC/C=C\CCCC)OC(=O)CCCCCCCCCCCCCCC. The van der Waals surface area contributed by atoms with E-state index < -0.39 is 97.5 Å². The molecule has 19 heteroatoms. The number of aliphatic hydroxyl groups excluding tert-OH is 1. The molecule has 94 heavy (non-hydrogen) atoms. The zero-order chi connectivity index (χ0) is 69.0. The standard InChI is InChI=1S/C75H128O17P2/c1-5-9-13-17-21-25-29-32-34-37-40-43-47-51-55-59-72(77)85-65-70(91-74(79)61-57-53-49-45-39-28-24-20-16-12-8-4)67-89-93(81,82)87-63-69(76)64-88-94(83,84)90-68-71(92-75(80)62-58-54-50-46-42-36-31-27-23-19-15-11-7-3)66-86-73(78)60-56-52-48-44-41-38-35-33-30-26-22-18-14-10-6-2/h9-10,13-14,20-22,24-26,32-35,41,44,52,56,69-71,76H,5-8,11-12,15-19,23,27-31,36-40,42-43,45-51,53-55,57-68H2,1-4H3,(H,81,82)(H,83,84)/b13-9-,14-10-,24-20-,25-21-,26-22-,34-32-,35-33-,44-41-,56-52-. The highest BCUT2D eigenvalue weighted by molar-refractivity contribution is 7.47. The average Bonchev–Trinajstić information content (AvgIpc) is 1.55. The predicted molar refractivity (Wildman–Crippen MR) is 381 cm³/mol. The maximum Gasteiger partial charge on any atom is 0.472 e. The molecule has 0 bridgehead atoms. The molecule has 0 rings (SSSR count). The summed E-state index contributed by atoms with van der Waals surface area (Å²) in [6.07, 6.45) is 69.9. The number of aliphatic hydroxyl groups is 1. The first-order valence-electron chi connectivity index (χ1n) is 36.1. The Hall–Kier alpha value is -4.28. The van der Waals surface area contributed by atoms with Crippen LogP contribution in [0.5, 0.6) is 0 Å². The summed E-state index contributed by atoms with van der Waals surface area (Å²) >= 11 is 0. The smallest absolute Gasteiger partial charge is 0.462 e. The van der Waals surface area contributed by atoms with E-state index in [1.165, 1.54) is 64.2 Å². The van der Waals surface area contributed by atoms with Crippen LogP contribution in [0.4, 0.5) is 0 Å². The quantitative estimate of drug-likeness (QED) is 0.0169. The van der Waals surface area contributed by atoms with Gasteiger partial charge in [0.1, 0.15) is 19.3 Å². The third kappa shape index (κ3) is 66.3. The zero-order valence-electron chi connectivity index (χ0n) is 58.6. The van der Waals surface area contributed by atoms with Gasteiger partial charge < -0.3 is 33.8 Å². The number of esters is 4. The Morgan fingerprint density at radius 3 is 0.989 bits per heavy atom. The number of rotatable bonds is 67. The van der Waals surface area contributed by atoms with Gasteiger partial charge in [0.05, 0.1) is 32.8 Å². The largest absolute Gasteiger partial charge is 0.472 e. The fraction of sp³-hybridized carbons (Fsp3) is 0.707. The van der Waals surface area contributed by atoms with Gasteiger partial charge in [-0.3, -0.25) is 37.3 Å². The number of phosphoric ester groups is 2. The lowest BCUT2D eigenvalue weighted by Gasteiger charge is -2.21. The third-order valence-corrected chi connectivity index (χ3v) is 16.7. The summed E-state index contributed by atoms with van der Waals surface area (Å²) in [6.45, 7) is 4.45. The fourth-order valence-electron chi connectivity index (χ4n) is 9.29. The van der Waals surface area contributed by atoms with E-state index in [4.69, 9.17) is 37.0 Å². The minimum atomic E-state index is -4.99. The van der Waals surface area contributed by atoms with Crippen molar-refractivity contribution >= 4 is 39.5 Å². The van der Waals surface area contributed by atoms with Gasteiger partial charge in [0, 0.05) is 19.3 Å². The van der Waals surface area contributed by atoms with Gasteiger partial charge in [-0.25, -0.2) is 9.13 Å². The number of allylic oxidation sites excluding steroid dienone is 17. The minimum absolute atomic E-state index is 0.0699. The van der Waals surface area contributed by atoms with Gasteiger partial charge in [0.2, 0.25) is 0 Å². The Morgan fingerprint density at radius 1 is 0.319 bits per heavy atom. The molecule has 0 saturated carbocycles. The summed E-state index contributed by atoms with van der Waals surface area (Å²) in [5.74, 6) is -2.35. The summed E-state index contributed by atoms with van der Waals surface area (Å²) in [7, 11) is -9.97. The number of hydrogen-bond acceptors (Lipinski definition) is 15. The molecule has 5 atom stereocenters. The van der Waals surface area contributed by atoms with Crippen molar-refractivity contribution in [2.45, 2.75) is 303 Å². The normalized spacial score (nSPS) is 14.7. The van der Waals surface area contributed by atoms with Crippen molar-refractivity contribution in [3.63, 3.8) is 0 Å². The molecule has 0 saturated heterocycles. The van der Waals surface area contributed by atoms with Crippen molar-refractivity contribution in [3.8, 4) is 0 Å². The molecule has 0 heterocycles. The predicted octanol–water partition coefficient (Wildman–Crippen LogP) is 20.2. The first kappa shape index (κ1) is 89.7. The molecule has 540 valence electrons. The van der Waals surface area contributed by atoms with Crippen LogP contribution in [0.3, 0.4) is 0 Å². The topological polar surface area (TPSA) is 237 Å². The monoisotopic (exact) mass is 1360 g/mol. The van der Waals surface area contributed by atoms with Gasteiger partial charge in [0.25, 0.3) is 0 Å². The summed E-state index contributed by atoms with van der Waals surface area (Å²) in [4.78, 5) is 72.6. The number of hydrogen-bond donors (Lipinski definition) is 3. The van der Waals surface area contributed by atoms with Crippen molar-refractivity contribution in [1.82, 2.24) is 0 Å². The Kier molecular flexibility index (Phi) is 64.2. The number of phosphoric acid groups is 2. The summed E-state index contributed by atoms with van der Waals surface area (Å²) < 4.78 is 68.1. The molecule has 0 aromatic rings. The Balaban J connectivity index is 5.39. The second-order valence-corrected chi connectivity index (χ2v) is 26.7. The van der Waals surface area contributed by atoms with Crippen molar-refractivity contribution in [1.29, 1.82) is 0 Å². The molecule has 0 radical (unpaired) electrons. The molecule has 0 aromatic heterocycles. The molecular weight excluding hydrogens is 1230 g/mol. The van der Waals surface area contributed by atoms with Gasteiger partial charge >= 0.3 is 39.5 Å². The van der Waals surface area contributed by atoms with E-state index in [1.54, 1.807) is 6.08 Å². The van der Waals surface area contributed by atoms with E-state index in [-0.39, 0.29) is 25.7 Å².